The number of carboxylic acid groups (broad SMARTS) is 1. The van der Waals surface area contributed by atoms with E-state index in [9.17, 15) is 4.79 Å². The van der Waals surface area contributed by atoms with E-state index in [4.69, 9.17) is 5.11 Å². The van der Waals surface area contributed by atoms with Crippen molar-refractivity contribution in [3.8, 4) is 0 Å². The maximum Gasteiger partial charge on any atom is 0.303 e. The molecule has 1 aromatic rings. The number of nitrogens with one attached hydrogen (secondary N) is 1. The molecule has 0 aliphatic carbocycles. The molecule has 0 bridgehead atoms. The molecule has 0 aliphatic heterocycles. The first-order chi connectivity index (χ1) is 6.70. The number of rotatable bonds is 4. The van der Waals surface area contributed by atoms with Crippen LogP contribution in [0.25, 0.3) is 0 Å². The van der Waals surface area contributed by atoms with Gasteiger partial charge in [0.25, 0.3) is 0 Å². The SMILES string of the molecule is CCCC(=O)O.CCCc1ncc[nH]1. The summed E-state index contributed by atoms with van der Waals surface area (Å²) in [7, 11) is 0. The number of imidazole rings is 1. The second kappa shape index (κ2) is 8.29. The van der Waals surface area contributed by atoms with Crippen LogP contribution < -0.4 is 0 Å². The van der Waals surface area contributed by atoms with E-state index in [2.05, 4.69) is 16.9 Å². The average Bonchev–Trinajstić information content (AvgIpc) is 2.58. The molecule has 14 heavy (non-hydrogen) atoms. The normalized spacial score (nSPS) is 9.00. The van der Waals surface area contributed by atoms with Gasteiger partial charge in [0, 0.05) is 25.2 Å². The highest BCUT2D eigenvalue weighted by Gasteiger charge is 1.88. The van der Waals surface area contributed by atoms with Crippen molar-refractivity contribution in [2.24, 2.45) is 0 Å². The van der Waals surface area contributed by atoms with Crippen molar-refractivity contribution in [2.45, 2.75) is 39.5 Å². The van der Waals surface area contributed by atoms with Gasteiger partial charge >= 0.3 is 5.97 Å². The van der Waals surface area contributed by atoms with Crippen LogP contribution in [0, 0.1) is 0 Å². The molecule has 0 fully saturated rings. The van der Waals surface area contributed by atoms with Gasteiger partial charge in [-0.15, -0.1) is 0 Å². The van der Waals surface area contributed by atoms with Gasteiger partial charge in [0.05, 0.1) is 0 Å². The smallest absolute Gasteiger partial charge is 0.303 e. The minimum absolute atomic E-state index is 0.292. The fourth-order valence-corrected chi connectivity index (χ4v) is 0.885. The molecule has 0 saturated carbocycles. The van der Waals surface area contributed by atoms with Crippen molar-refractivity contribution < 1.29 is 9.90 Å². The Balaban J connectivity index is 0.000000255. The first-order valence-electron chi connectivity index (χ1n) is 4.90. The zero-order valence-corrected chi connectivity index (χ0v) is 8.79. The topological polar surface area (TPSA) is 66.0 Å². The van der Waals surface area contributed by atoms with Crippen LogP contribution in [0.15, 0.2) is 12.4 Å². The van der Waals surface area contributed by atoms with Crippen LogP contribution >= 0.6 is 0 Å². The molecule has 0 aliphatic rings. The van der Waals surface area contributed by atoms with E-state index in [1.54, 1.807) is 6.20 Å². The summed E-state index contributed by atoms with van der Waals surface area (Å²) in [5, 5.41) is 7.91. The van der Waals surface area contributed by atoms with Crippen LogP contribution in [0.1, 0.15) is 38.9 Å². The lowest BCUT2D eigenvalue weighted by Crippen LogP contribution is -1.90. The molecule has 1 heterocycles. The molecule has 2 N–H and O–H groups in total. The fourth-order valence-electron chi connectivity index (χ4n) is 0.885. The van der Waals surface area contributed by atoms with Crippen molar-refractivity contribution in [3.63, 3.8) is 0 Å². The third-order valence-corrected chi connectivity index (χ3v) is 1.51. The summed E-state index contributed by atoms with van der Waals surface area (Å²) in [5.74, 6) is 0.380. The number of hydrogen-bond acceptors (Lipinski definition) is 2. The Morgan fingerprint density at radius 2 is 2.21 bits per heavy atom. The van der Waals surface area contributed by atoms with Crippen LogP contribution in [0.2, 0.25) is 0 Å². The Labute approximate surface area is 84.4 Å². The fraction of sp³-hybridized carbons (Fsp3) is 0.600. The zero-order valence-electron chi connectivity index (χ0n) is 8.79. The highest BCUT2D eigenvalue weighted by molar-refractivity contribution is 5.66. The third kappa shape index (κ3) is 7.34. The molecule has 0 unspecified atom stereocenters. The predicted octanol–water partition coefficient (Wildman–Crippen LogP) is 2.23. The zero-order chi connectivity index (χ0) is 10.8. The summed E-state index contributed by atoms with van der Waals surface area (Å²) in [6.07, 6.45) is 6.88. The second-order valence-electron chi connectivity index (χ2n) is 2.93. The number of aromatic amines is 1. The van der Waals surface area contributed by atoms with Gasteiger partial charge in [-0.3, -0.25) is 4.79 Å². The van der Waals surface area contributed by atoms with Crippen LogP contribution in [-0.4, -0.2) is 21.0 Å². The standard InChI is InChI=1S/C6H10N2.C4H8O2/c1-2-3-6-7-4-5-8-6;1-2-3-4(5)6/h4-5H,2-3H2,1H3,(H,7,8);2-3H2,1H3,(H,5,6). The highest BCUT2D eigenvalue weighted by Crippen LogP contribution is 1.91. The van der Waals surface area contributed by atoms with E-state index in [1.165, 1.54) is 0 Å². The molecule has 0 amide bonds. The van der Waals surface area contributed by atoms with Crippen LogP contribution in [0.5, 0.6) is 0 Å². The van der Waals surface area contributed by atoms with Crippen LogP contribution in [-0.2, 0) is 11.2 Å². The van der Waals surface area contributed by atoms with E-state index in [0.717, 1.165) is 25.1 Å². The predicted molar refractivity (Wildman–Crippen MR) is 55.1 cm³/mol. The Morgan fingerprint density at radius 3 is 2.50 bits per heavy atom. The van der Waals surface area contributed by atoms with Gasteiger partial charge in [0.15, 0.2) is 0 Å². The summed E-state index contributed by atoms with van der Waals surface area (Å²) in [4.78, 5) is 16.7. The molecule has 0 spiro atoms. The molecule has 80 valence electrons. The van der Waals surface area contributed by atoms with Gasteiger partial charge < -0.3 is 10.1 Å². The van der Waals surface area contributed by atoms with Crippen molar-refractivity contribution in [2.75, 3.05) is 0 Å². The maximum atomic E-state index is 9.60. The summed E-state index contributed by atoms with van der Waals surface area (Å²) in [6.45, 7) is 3.98. The van der Waals surface area contributed by atoms with Gasteiger partial charge in [-0.2, -0.15) is 0 Å². The van der Waals surface area contributed by atoms with E-state index in [-0.39, 0.29) is 0 Å². The molecule has 0 radical (unpaired) electrons. The lowest BCUT2D eigenvalue weighted by atomic mass is 10.3. The van der Waals surface area contributed by atoms with Crippen LogP contribution in [0.3, 0.4) is 0 Å². The van der Waals surface area contributed by atoms with Gasteiger partial charge in [-0.25, -0.2) is 4.98 Å². The molecule has 1 rings (SSSR count). The number of H-pyrrole nitrogens is 1. The number of aryl methyl sites for hydroxylation is 1. The summed E-state index contributed by atoms with van der Waals surface area (Å²) in [6, 6.07) is 0. The highest BCUT2D eigenvalue weighted by atomic mass is 16.4. The maximum absolute atomic E-state index is 9.60. The molecular formula is C10H18N2O2. The largest absolute Gasteiger partial charge is 0.481 e. The number of nitrogens with zero attached hydrogens (tertiary/aromatic N) is 1. The number of carboxylic acids is 1. The van der Waals surface area contributed by atoms with Crippen molar-refractivity contribution in [1.29, 1.82) is 0 Å². The van der Waals surface area contributed by atoms with E-state index >= 15 is 0 Å². The number of aromatic nitrogens is 2. The Hall–Kier alpha value is -1.32. The molecule has 0 saturated heterocycles. The van der Waals surface area contributed by atoms with Crippen molar-refractivity contribution in [3.05, 3.63) is 18.2 Å². The first-order valence-corrected chi connectivity index (χ1v) is 4.90. The van der Waals surface area contributed by atoms with Crippen LogP contribution in [0.4, 0.5) is 0 Å². The summed E-state index contributed by atoms with van der Waals surface area (Å²) < 4.78 is 0. The molecular weight excluding hydrogens is 180 g/mol. The van der Waals surface area contributed by atoms with Crippen molar-refractivity contribution >= 4 is 5.97 Å². The van der Waals surface area contributed by atoms with Gasteiger partial charge in [0.2, 0.25) is 0 Å². The molecule has 0 atom stereocenters. The lowest BCUT2D eigenvalue weighted by Gasteiger charge is -1.85. The quantitative estimate of drug-likeness (QED) is 0.779. The van der Waals surface area contributed by atoms with Gasteiger partial charge in [-0.1, -0.05) is 13.8 Å². The monoisotopic (exact) mass is 198 g/mol. The summed E-state index contributed by atoms with van der Waals surface area (Å²) >= 11 is 0. The van der Waals surface area contributed by atoms with E-state index in [1.807, 2.05) is 13.1 Å². The third-order valence-electron chi connectivity index (χ3n) is 1.51. The minimum Gasteiger partial charge on any atom is -0.481 e. The Bertz CT molecular complexity index is 232. The Kier molecular flexibility index (Phi) is 7.50. The molecule has 4 nitrogen and oxygen atoms in total. The Morgan fingerprint density at radius 1 is 1.50 bits per heavy atom. The first kappa shape index (κ1) is 12.7. The molecule has 0 aromatic carbocycles. The number of hydrogen-bond donors (Lipinski definition) is 2. The van der Waals surface area contributed by atoms with Gasteiger partial charge in [0.1, 0.15) is 5.82 Å². The second-order valence-corrected chi connectivity index (χ2v) is 2.93. The number of aliphatic carboxylic acids is 1. The van der Waals surface area contributed by atoms with E-state index in [0.29, 0.717) is 6.42 Å². The van der Waals surface area contributed by atoms with Crippen molar-refractivity contribution in [1.82, 2.24) is 9.97 Å². The van der Waals surface area contributed by atoms with Gasteiger partial charge in [-0.05, 0) is 12.8 Å². The number of carbonyl (C=O) groups is 1. The van der Waals surface area contributed by atoms with E-state index < -0.39 is 5.97 Å². The summed E-state index contributed by atoms with van der Waals surface area (Å²) in [5.41, 5.74) is 0. The average molecular weight is 198 g/mol. The molecule has 1 aromatic heterocycles. The lowest BCUT2D eigenvalue weighted by molar-refractivity contribution is -0.137. The molecule has 4 heteroatoms. The minimum atomic E-state index is -0.711.